The molecule has 1 saturated heterocycles. The van der Waals surface area contributed by atoms with Crippen LogP contribution in [0, 0.1) is 5.82 Å². The third kappa shape index (κ3) is 4.65. The Kier molecular flexibility index (Phi) is 5.90. The van der Waals surface area contributed by atoms with Gasteiger partial charge in [0.25, 0.3) is 5.91 Å². The number of amides is 2. The summed E-state index contributed by atoms with van der Waals surface area (Å²) in [6, 6.07) is 5.62. The number of anilines is 1. The summed E-state index contributed by atoms with van der Waals surface area (Å²) < 4.78 is 13.2. The topological polar surface area (TPSA) is 116 Å². The highest BCUT2D eigenvalue weighted by Gasteiger charge is 2.27. The normalized spacial score (nSPS) is 14.5. The quantitative estimate of drug-likeness (QED) is 0.776. The second-order valence-electron chi connectivity index (χ2n) is 6.19. The molecule has 1 aromatic carbocycles. The van der Waals surface area contributed by atoms with Gasteiger partial charge in [0.1, 0.15) is 5.82 Å². The maximum Gasteiger partial charge on any atom is 0.356 e. The van der Waals surface area contributed by atoms with Crippen LogP contribution in [0.1, 0.15) is 21.0 Å². The number of carbonyl (C=O) groups excluding carboxylic acids is 2. The molecule has 1 fully saturated rings. The molecule has 2 N–H and O–H groups in total. The zero-order chi connectivity index (χ0) is 20.1. The fourth-order valence-corrected chi connectivity index (χ4v) is 2.88. The smallest absolute Gasteiger partial charge is 0.356 e. The molecule has 0 spiro atoms. The number of carboxylic acids is 1. The molecule has 2 aromatic rings. The van der Waals surface area contributed by atoms with Crippen LogP contribution in [0.2, 0.25) is 0 Å². The Morgan fingerprint density at radius 3 is 2.39 bits per heavy atom. The number of nitrogens with zero attached hydrogens (tertiary/aromatic N) is 4. The van der Waals surface area contributed by atoms with E-state index in [2.05, 4.69) is 15.3 Å². The molecule has 1 aliphatic rings. The van der Waals surface area contributed by atoms with Crippen molar-refractivity contribution in [3.8, 4) is 0 Å². The van der Waals surface area contributed by atoms with Gasteiger partial charge < -0.3 is 15.3 Å². The molecule has 0 saturated carbocycles. The number of carbonyl (C=O) groups is 3. The van der Waals surface area contributed by atoms with E-state index in [-0.39, 0.29) is 23.8 Å². The zero-order valence-electron chi connectivity index (χ0n) is 14.8. The number of benzene rings is 1. The van der Waals surface area contributed by atoms with Gasteiger partial charge in [0.2, 0.25) is 5.91 Å². The summed E-state index contributed by atoms with van der Waals surface area (Å²) in [6.07, 6.45) is 2.49. The van der Waals surface area contributed by atoms with E-state index in [0.717, 1.165) is 0 Å². The molecule has 3 rings (SSSR count). The molecular weight excluding hydrogens is 369 g/mol. The lowest BCUT2D eigenvalue weighted by Gasteiger charge is -2.34. The summed E-state index contributed by atoms with van der Waals surface area (Å²) in [6.45, 7) is 1.61. The van der Waals surface area contributed by atoms with E-state index in [1.807, 2.05) is 4.90 Å². The first kappa shape index (κ1) is 19.4. The van der Waals surface area contributed by atoms with Gasteiger partial charge in [-0.15, -0.1) is 0 Å². The minimum Gasteiger partial charge on any atom is -0.476 e. The molecular formula is C18H18FN5O4. The van der Waals surface area contributed by atoms with Crippen molar-refractivity contribution in [2.24, 2.45) is 0 Å². The van der Waals surface area contributed by atoms with Gasteiger partial charge >= 0.3 is 5.97 Å². The molecule has 2 amide bonds. The van der Waals surface area contributed by atoms with Gasteiger partial charge in [-0.05, 0) is 18.2 Å². The Morgan fingerprint density at radius 2 is 1.75 bits per heavy atom. The summed E-state index contributed by atoms with van der Waals surface area (Å²) >= 11 is 0. The fraction of sp³-hybridized carbons (Fsp3) is 0.278. The number of hydrogen-bond donors (Lipinski definition) is 2. The van der Waals surface area contributed by atoms with Gasteiger partial charge in [0.15, 0.2) is 11.4 Å². The number of aromatic carboxylic acids is 1. The van der Waals surface area contributed by atoms with Crippen LogP contribution in [0.4, 0.5) is 10.1 Å². The number of hydrogen-bond acceptors (Lipinski definition) is 6. The average molecular weight is 387 g/mol. The molecule has 0 radical (unpaired) electrons. The molecule has 0 atom stereocenters. The Bertz CT molecular complexity index is 899. The number of rotatable bonds is 5. The van der Waals surface area contributed by atoms with E-state index in [0.29, 0.717) is 31.9 Å². The van der Waals surface area contributed by atoms with Crippen LogP contribution < -0.4 is 5.32 Å². The van der Waals surface area contributed by atoms with Gasteiger partial charge in [0, 0.05) is 44.3 Å². The number of aromatic nitrogens is 2. The Hall–Kier alpha value is -3.40. The maximum atomic E-state index is 13.2. The van der Waals surface area contributed by atoms with Gasteiger partial charge in [-0.2, -0.15) is 0 Å². The number of carboxylic acid groups (broad SMARTS) is 1. The first-order valence-corrected chi connectivity index (χ1v) is 8.55. The van der Waals surface area contributed by atoms with Crippen molar-refractivity contribution >= 4 is 23.5 Å². The molecule has 0 aliphatic carbocycles. The highest BCUT2D eigenvalue weighted by Crippen LogP contribution is 2.11. The predicted octanol–water partition coefficient (Wildman–Crippen LogP) is 0.710. The van der Waals surface area contributed by atoms with Crippen LogP contribution in [-0.2, 0) is 4.79 Å². The molecule has 1 aliphatic heterocycles. The van der Waals surface area contributed by atoms with Crippen molar-refractivity contribution in [3.05, 3.63) is 53.9 Å². The van der Waals surface area contributed by atoms with Crippen LogP contribution in [0.5, 0.6) is 0 Å². The van der Waals surface area contributed by atoms with Crippen molar-refractivity contribution in [2.75, 3.05) is 38.0 Å². The standard InChI is InChI=1S/C18H18FN5O4/c19-12-2-1-3-13(10-12)22-14(25)11-23-6-8-24(9-7-23)17(26)15-16(18(27)28)21-5-4-20-15/h1-5,10H,6-9,11H2,(H,22,25)(H,27,28). The first-order valence-electron chi connectivity index (χ1n) is 8.55. The summed E-state index contributed by atoms with van der Waals surface area (Å²) in [5, 5.41) is 11.8. The number of nitrogens with one attached hydrogen (secondary N) is 1. The van der Waals surface area contributed by atoms with Crippen LogP contribution in [0.3, 0.4) is 0 Å². The van der Waals surface area contributed by atoms with Crippen molar-refractivity contribution < 1.29 is 23.9 Å². The molecule has 28 heavy (non-hydrogen) atoms. The SMILES string of the molecule is O=C(CN1CCN(C(=O)c2nccnc2C(=O)O)CC1)Nc1cccc(F)c1. The molecule has 2 heterocycles. The van der Waals surface area contributed by atoms with Gasteiger partial charge in [0.05, 0.1) is 6.54 Å². The highest BCUT2D eigenvalue weighted by atomic mass is 19.1. The Labute approximate surface area is 159 Å². The third-order valence-electron chi connectivity index (χ3n) is 4.24. The first-order chi connectivity index (χ1) is 13.4. The minimum absolute atomic E-state index is 0.101. The van der Waals surface area contributed by atoms with Crippen LogP contribution in [0.15, 0.2) is 36.7 Å². The van der Waals surface area contributed by atoms with Crippen molar-refractivity contribution in [3.63, 3.8) is 0 Å². The van der Waals surface area contributed by atoms with E-state index in [1.54, 1.807) is 6.07 Å². The van der Waals surface area contributed by atoms with Gasteiger partial charge in [-0.3, -0.25) is 14.5 Å². The third-order valence-corrected chi connectivity index (χ3v) is 4.24. The molecule has 9 nitrogen and oxygen atoms in total. The van der Waals surface area contributed by atoms with E-state index in [1.165, 1.54) is 35.5 Å². The van der Waals surface area contributed by atoms with Gasteiger partial charge in [-0.1, -0.05) is 6.07 Å². The molecule has 146 valence electrons. The van der Waals surface area contributed by atoms with E-state index in [9.17, 15) is 18.8 Å². The molecule has 1 aromatic heterocycles. The van der Waals surface area contributed by atoms with Crippen molar-refractivity contribution in [1.82, 2.24) is 19.8 Å². The van der Waals surface area contributed by atoms with Crippen LogP contribution >= 0.6 is 0 Å². The van der Waals surface area contributed by atoms with Crippen molar-refractivity contribution in [2.45, 2.75) is 0 Å². The van der Waals surface area contributed by atoms with Crippen molar-refractivity contribution in [1.29, 1.82) is 0 Å². The average Bonchev–Trinajstić information content (AvgIpc) is 2.68. The maximum absolute atomic E-state index is 13.2. The second kappa shape index (κ2) is 8.53. The lowest BCUT2D eigenvalue weighted by Crippen LogP contribution is -2.50. The lowest BCUT2D eigenvalue weighted by atomic mass is 10.2. The summed E-state index contributed by atoms with van der Waals surface area (Å²) in [5.41, 5.74) is -0.209. The summed E-state index contributed by atoms with van der Waals surface area (Å²) in [5.74, 6) is -2.54. The molecule has 0 unspecified atom stereocenters. The van der Waals surface area contributed by atoms with Crippen LogP contribution in [-0.4, -0.2) is 75.4 Å². The molecule has 0 bridgehead atoms. The predicted molar refractivity (Wildman–Crippen MR) is 96.4 cm³/mol. The number of halogens is 1. The number of piperazine rings is 1. The fourth-order valence-electron chi connectivity index (χ4n) is 2.88. The van der Waals surface area contributed by atoms with E-state index >= 15 is 0 Å². The minimum atomic E-state index is -1.32. The Morgan fingerprint density at radius 1 is 1.07 bits per heavy atom. The highest BCUT2D eigenvalue weighted by molar-refractivity contribution is 6.02. The van der Waals surface area contributed by atoms with Crippen LogP contribution in [0.25, 0.3) is 0 Å². The summed E-state index contributed by atoms with van der Waals surface area (Å²) in [4.78, 5) is 46.8. The Balaban J connectivity index is 1.54. The molecule has 10 heteroatoms. The van der Waals surface area contributed by atoms with E-state index in [4.69, 9.17) is 5.11 Å². The second-order valence-corrected chi connectivity index (χ2v) is 6.19. The van der Waals surface area contributed by atoms with Gasteiger partial charge in [-0.25, -0.2) is 19.2 Å². The summed E-state index contributed by atoms with van der Waals surface area (Å²) in [7, 11) is 0. The lowest BCUT2D eigenvalue weighted by molar-refractivity contribution is -0.117. The monoisotopic (exact) mass is 387 g/mol. The zero-order valence-corrected chi connectivity index (χ0v) is 14.8. The van der Waals surface area contributed by atoms with E-state index < -0.39 is 17.7 Å². The largest absolute Gasteiger partial charge is 0.476 e.